The number of hydrogen-bond donors (Lipinski definition) is 2. The average molecular weight is 272 g/mol. The van der Waals surface area contributed by atoms with Gasteiger partial charge < -0.3 is 15.3 Å². The van der Waals surface area contributed by atoms with Crippen molar-refractivity contribution in [2.24, 2.45) is 5.41 Å². The van der Waals surface area contributed by atoms with Gasteiger partial charge in [-0.05, 0) is 39.5 Å². The third-order valence-electron chi connectivity index (χ3n) is 3.08. The highest BCUT2D eigenvalue weighted by atomic mass is 16.4. The zero-order chi connectivity index (χ0) is 15.6. The Kier molecular flexibility index (Phi) is 5.03. The second kappa shape index (κ2) is 5.39. The Labute approximate surface area is 116 Å². The Bertz CT molecular complexity index is 354. The highest BCUT2D eigenvalue weighted by Crippen LogP contribution is 2.27. The van der Waals surface area contributed by atoms with Crippen molar-refractivity contribution in [2.45, 2.75) is 66.0 Å². The van der Waals surface area contributed by atoms with Crippen LogP contribution in [-0.4, -0.2) is 40.1 Å². The molecule has 5 nitrogen and oxygen atoms in total. The van der Waals surface area contributed by atoms with Crippen LogP contribution in [-0.2, 0) is 4.79 Å². The maximum absolute atomic E-state index is 12.1. The largest absolute Gasteiger partial charge is 0.480 e. The number of nitrogens with zero attached hydrogens (tertiary/aromatic N) is 1. The molecule has 0 radical (unpaired) electrons. The topological polar surface area (TPSA) is 69.6 Å². The Morgan fingerprint density at radius 2 is 1.47 bits per heavy atom. The van der Waals surface area contributed by atoms with E-state index >= 15 is 0 Å². The first-order valence-corrected chi connectivity index (χ1v) is 6.48. The van der Waals surface area contributed by atoms with E-state index in [1.54, 1.807) is 0 Å². The van der Waals surface area contributed by atoms with Crippen LogP contribution in [0.1, 0.15) is 54.9 Å². The van der Waals surface area contributed by atoms with Crippen molar-refractivity contribution in [1.29, 1.82) is 0 Å². The van der Waals surface area contributed by atoms with E-state index < -0.39 is 17.0 Å². The van der Waals surface area contributed by atoms with Crippen LogP contribution in [0, 0.1) is 5.41 Å². The predicted molar refractivity (Wildman–Crippen MR) is 76.2 cm³/mol. The van der Waals surface area contributed by atoms with E-state index in [0.717, 1.165) is 6.42 Å². The first-order valence-electron chi connectivity index (χ1n) is 6.48. The number of nitrogens with one attached hydrogen (secondary N) is 1. The molecule has 0 aromatic rings. The Hall–Kier alpha value is -1.26. The third kappa shape index (κ3) is 5.49. The van der Waals surface area contributed by atoms with E-state index in [1.165, 1.54) is 25.8 Å². The van der Waals surface area contributed by atoms with Crippen LogP contribution < -0.4 is 5.32 Å². The minimum Gasteiger partial charge on any atom is -0.480 e. The Morgan fingerprint density at radius 1 is 1.05 bits per heavy atom. The average Bonchev–Trinajstić information content (AvgIpc) is 2.10. The van der Waals surface area contributed by atoms with Gasteiger partial charge in [0.25, 0.3) is 0 Å². The summed E-state index contributed by atoms with van der Waals surface area (Å²) in [5.74, 6) is -1.03. The molecule has 0 rings (SSSR count). The summed E-state index contributed by atoms with van der Waals surface area (Å²) in [7, 11) is 1.50. The van der Waals surface area contributed by atoms with Gasteiger partial charge in [-0.2, -0.15) is 0 Å². The predicted octanol–water partition coefficient (Wildman–Crippen LogP) is 2.71. The summed E-state index contributed by atoms with van der Waals surface area (Å²) in [6.07, 6.45) is 0.799. The van der Waals surface area contributed by atoms with Gasteiger partial charge in [0.05, 0.1) is 0 Å². The number of carboxylic acids is 1. The summed E-state index contributed by atoms with van der Waals surface area (Å²) < 4.78 is 0. The van der Waals surface area contributed by atoms with E-state index in [-0.39, 0.29) is 11.4 Å². The lowest BCUT2D eigenvalue weighted by Crippen LogP contribution is -2.58. The fourth-order valence-corrected chi connectivity index (χ4v) is 2.14. The van der Waals surface area contributed by atoms with Gasteiger partial charge in [-0.25, -0.2) is 9.59 Å². The molecule has 5 heteroatoms. The maximum atomic E-state index is 12.1. The van der Waals surface area contributed by atoms with Crippen LogP contribution in [0.4, 0.5) is 4.79 Å². The molecule has 0 aliphatic carbocycles. The summed E-state index contributed by atoms with van der Waals surface area (Å²) in [5.41, 5.74) is -1.54. The van der Waals surface area contributed by atoms with E-state index in [0.29, 0.717) is 0 Å². The monoisotopic (exact) mass is 272 g/mol. The molecule has 0 spiro atoms. The molecule has 19 heavy (non-hydrogen) atoms. The lowest BCUT2D eigenvalue weighted by molar-refractivity contribution is -0.147. The molecule has 0 fully saturated rings. The Balaban J connectivity index is 4.83. The van der Waals surface area contributed by atoms with Crippen LogP contribution in [0.5, 0.6) is 0 Å². The minimum atomic E-state index is -1.23. The summed E-state index contributed by atoms with van der Waals surface area (Å²) in [4.78, 5) is 24.5. The number of carbonyl (C=O) groups is 2. The normalized spacial score (nSPS) is 13.1. The van der Waals surface area contributed by atoms with Crippen molar-refractivity contribution in [3.8, 4) is 0 Å². The quantitative estimate of drug-likeness (QED) is 0.826. The maximum Gasteiger partial charge on any atom is 0.329 e. The molecule has 0 heterocycles. The van der Waals surface area contributed by atoms with Crippen molar-refractivity contribution in [3.63, 3.8) is 0 Å². The highest BCUT2D eigenvalue weighted by molar-refractivity contribution is 5.85. The van der Waals surface area contributed by atoms with Gasteiger partial charge in [-0.1, -0.05) is 20.8 Å². The SMILES string of the molecule is CN(C(=O)NC(C)(C)CC(C)(C)C)C(C)(C)C(=O)O. The number of aliphatic carboxylic acids is 1. The lowest BCUT2D eigenvalue weighted by atomic mass is 9.82. The van der Waals surface area contributed by atoms with Crippen molar-refractivity contribution in [2.75, 3.05) is 7.05 Å². The highest BCUT2D eigenvalue weighted by Gasteiger charge is 2.37. The van der Waals surface area contributed by atoms with Crippen molar-refractivity contribution < 1.29 is 14.7 Å². The number of likely N-dealkylation sites (N-methyl/N-ethyl adjacent to an activating group) is 1. The molecule has 0 aliphatic rings. The van der Waals surface area contributed by atoms with Gasteiger partial charge in [-0.15, -0.1) is 0 Å². The van der Waals surface area contributed by atoms with Gasteiger partial charge >= 0.3 is 12.0 Å². The van der Waals surface area contributed by atoms with Gasteiger partial charge in [0, 0.05) is 12.6 Å². The fraction of sp³-hybridized carbons (Fsp3) is 0.857. The van der Waals surface area contributed by atoms with Crippen LogP contribution in [0.2, 0.25) is 0 Å². The second-order valence-corrected chi connectivity index (χ2v) is 7.47. The molecule has 0 aliphatic heterocycles. The number of rotatable bonds is 4. The van der Waals surface area contributed by atoms with Crippen molar-refractivity contribution in [3.05, 3.63) is 0 Å². The van der Waals surface area contributed by atoms with Gasteiger partial charge in [0.2, 0.25) is 0 Å². The molecule has 0 saturated heterocycles. The number of amides is 2. The summed E-state index contributed by atoms with van der Waals surface area (Å²) in [6, 6.07) is -0.373. The molecule has 0 bridgehead atoms. The molecular weight excluding hydrogens is 244 g/mol. The molecular formula is C14H28N2O3. The Morgan fingerprint density at radius 3 is 1.79 bits per heavy atom. The van der Waals surface area contributed by atoms with Gasteiger partial charge in [0.15, 0.2) is 0 Å². The summed E-state index contributed by atoms with van der Waals surface area (Å²) in [5, 5.41) is 12.0. The molecule has 0 atom stereocenters. The van der Waals surface area contributed by atoms with Crippen LogP contribution in [0.15, 0.2) is 0 Å². The third-order valence-corrected chi connectivity index (χ3v) is 3.08. The lowest BCUT2D eigenvalue weighted by Gasteiger charge is -2.38. The van der Waals surface area contributed by atoms with E-state index in [2.05, 4.69) is 26.1 Å². The molecule has 0 aromatic carbocycles. The number of hydrogen-bond acceptors (Lipinski definition) is 2. The number of carboxylic acid groups (broad SMARTS) is 1. The summed E-state index contributed by atoms with van der Waals surface area (Å²) >= 11 is 0. The van der Waals surface area contributed by atoms with Crippen LogP contribution >= 0.6 is 0 Å². The molecule has 2 amide bonds. The first kappa shape index (κ1) is 17.7. The zero-order valence-corrected chi connectivity index (χ0v) is 13.4. The van der Waals surface area contributed by atoms with Gasteiger partial charge in [-0.3, -0.25) is 0 Å². The molecule has 0 aromatic heterocycles. The minimum absolute atomic E-state index is 0.0810. The van der Waals surface area contributed by atoms with E-state index in [1.807, 2.05) is 13.8 Å². The second-order valence-electron chi connectivity index (χ2n) is 7.47. The smallest absolute Gasteiger partial charge is 0.329 e. The van der Waals surface area contributed by atoms with Crippen LogP contribution in [0.25, 0.3) is 0 Å². The first-order chi connectivity index (χ1) is 8.19. The number of urea groups is 1. The van der Waals surface area contributed by atoms with E-state index in [4.69, 9.17) is 5.11 Å². The van der Waals surface area contributed by atoms with Crippen molar-refractivity contribution in [1.82, 2.24) is 10.2 Å². The fourth-order valence-electron chi connectivity index (χ4n) is 2.14. The molecule has 0 unspecified atom stereocenters. The summed E-state index contributed by atoms with van der Waals surface area (Å²) in [6.45, 7) is 13.2. The number of carbonyl (C=O) groups excluding carboxylic acids is 1. The van der Waals surface area contributed by atoms with Crippen molar-refractivity contribution >= 4 is 12.0 Å². The standard InChI is InChI=1S/C14H28N2O3/c1-12(2,3)9-13(4,5)15-11(19)16(8)14(6,7)10(17)18/h9H2,1-8H3,(H,15,19)(H,17,18). The zero-order valence-electron chi connectivity index (χ0n) is 13.4. The molecule has 2 N–H and O–H groups in total. The molecule has 0 saturated carbocycles. The molecule has 112 valence electrons. The van der Waals surface area contributed by atoms with E-state index in [9.17, 15) is 9.59 Å². The van der Waals surface area contributed by atoms with Crippen LogP contribution in [0.3, 0.4) is 0 Å². The van der Waals surface area contributed by atoms with Gasteiger partial charge in [0.1, 0.15) is 5.54 Å².